The molecular formula is C25H31N3O6. The summed E-state index contributed by atoms with van der Waals surface area (Å²) in [5.74, 6) is 0.436. The molecule has 1 aliphatic heterocycles. The first-order valence-electron chi connectivity index (χ1n) is 11.0. The van der Waals surface area contributed by atoms with Gasteiger partial charge >= 0.3 is 6.03 Å². The van der Waals surface area contributed by atoms with Crippen molar-refractivity contribution in [3.8, 4) is 17.2 Å². The molecule has 0 spiro atoms. The predicted octanol–water partition coefficient (Wildman–Crippen LogP) is 3.63. The van der Waals surface area contributed by atoms with Crippen LogP contribution < -0.4 is 24.8 Å². The van der Waals surface area contributed by atoms with Crippen molar-refractivity contribution in [2.45, 2.75) is 38.6 Å². The van der Waals surface area contributed by atoms with E-state index in [9.17, 15) is 14.4 Å². The molecule has 34 heavy (non-hydrogen) atoms. The van der Waals surface area contributed by atoms with Gasteiger partial charge in [-0.2, -0.15) is 0 Å². The molecule has 1 saturated heterocycles. The van der Waals surface area contributed by atoms with E-state index in [-0.39, 0.29) is 0 Å². The van der Waals surface area contributed by atoms with Gasteiger partial charge in [-0.05, 0) is 54.7 Å². The zero-order valence-electron chi connectivity index (χ0n) is 20.4. The highest BCUT2D eigenvalue weighted by atomic mass is 16.5. The number of anilines is 1. The zero-order valence-corrected chi connectivity index (χ0v) is 20.4. The third-order valence-corrected chi connectivity index (χ3v) is 6.19. The minimum Gasteiger partial charge on any atom is -0.493 e. The van der Waals surface area contributed by atoms with E-state index in [1.807, 2.05) is 24.3 Å². The van der Waals surface area contributed by atoms with Crippen molar-refractivity contribution in [2.24, 2.45) is 0 Å². The van der Waals surface area contributed by atoms with Gasteiger partial charge in [0.15, 0.2) is 11.5 Å². The van der Waals surface area contributed by atoms with E-state index in [0.717, 1.165) is 11.3 Å². The molecule has 2 aromatic rings. The summed E-state index contributed by atoms with van der Waals surface area (Å²) in [5.41, 5.74) is 0.790. The number of carbonyl (C=O) groups excluding carboxylic acids is 3. The first kappa shape index (κ1) is 24.9. The molecule has 2 atom stereocenters. The largest absolute Gasteiger partial charge is 0.493 e. The van der Waals surface area contributed by atoms with Gasteiger partial charge in [0.25, 0.3) is 5.91 Å². The summed E-state index contributed by atoms with van der Waals surface area (Å²) in [6.07, 6.45) is 1.02. The minimum absolute atomic E-state index is 0.345. The van der Waals surface area contributed by atoms with Gasteiger partial charge in [-0.25, -0.2) is 4.79 Å². The van der Waals surface area contributed by atoms with Gasteiger partial charge in [0, 0.05) is 5.69 Å². The van der Waals surface area contributed by atoms with Gasteiger partial charge < -0.3 is 24.8 Å². The number of ether oxygens (including phenoxy) is 3. The summed E-state index contributed by atoms with van der Waals surface area (Å²) in [7, 11) is 4.40. The predicted molar refractivity (Wildman–Crippen MR) is 127 cm³/mol. The topological polar surface area (TPSA) is 106 Å². The lowest BCUT2D eigenvalue weighted by Crippen LogP contribution is -2.42. The molecule has 2 unspecified atom stereocenters. The summed E-state index contributed by atoms with van der Waals surface area (Å²) in [4.78, 5) is 39.5. The van der Waals surface area contributed by atoms with Crippen molar-refractivity contribution in [1.29, 1.82) is 0 Å². The van der Waals surface area contributed by atoms with E-state index in [2.05, 4.69) is 24.5 Å². The number of carbonyl (C=O) groups is 3. The minimum atomic E-state index is -1.41. The number of nitrogens with zero attached hydrogens (tertiary/aromatic N) is 1. The molecule has 9 nitrogen and oxygen atoms in total. The first-order chi connectivity index (χ1) is 16.2. The summed E-state index contributed by atoms with van der Waals surface area (Å²) >= 11 is 0. The molecule has 1 aliphatic rings. The number of urea groups is 1. The lowest BCUT2D eigenvalue weighted by Gasteiger charge is -2.24. The van der Waals surface area contributed by atoms with Gasteiger partial charge in [-0.3, -0.25) is 14.5 Å². The van der Waals surface area contributed by atoms with Crippen LogP contribution in [0.2, 0.25) is 0 Å². The fraction of sp³-hybridized carbons (Fsp3) is 0.400. The number of rotatable bonds is 9. The van der Waals surface area contributed by atoms with Crippen LogP contribution in [0.4, 0.5) is 10.5 Å². The lowest BCUT2D eigenvalue weighted by atomic mass is 9.91. The Morgan fingerprint density at radius 3 is 2.15 bits per heavy atom. The van der Waals surface area contributed by atoms with Crippen molar-refractivity contribution in [3.05, 3.63) is 47.5 Å². The zero-order chi connectivity index (χ0) is 25.0. The van der Waals surface area contributed by atoms with Crippen LogP contribution in [0.15, 0.2) is 36.4 Å². The van der Waals surface area contributed by atoms with Crippen molar-refractivity contribution >= 4 is 23.5 Å². The molecule has 2 aromatic carbocycles. The quantitative estimate of drug-likeness (QED) is 0.543. The Balaban J connectivity index is 1.78. The maximum atomic E-state index is 13.3. The highest BCUT2D eigenvalue weighted by Gasteiger charge is 2.50. The Bertz CT molecular complexity index is 1060. The number of methoxy groups -OCH3 is 3. The normalized spacial score (nSPS) is 18.4. The van der Waals surface area contributed by atoms with E-state index in [1.165, 1.54) is 26.9 Å². The van der Waals surface area contributed by atoms with Gasteiger partial charge in [0.2, 0.25) is 11.7 Å². The summed E-state index contributed by atoms with van der Waals surface area (Å²) in [6.45, 7) is 5.40. The first-order valence-corrected chi connectivity index (χ1v) is 11.0. The fourth-order valence-electron chi connectivity index (χ4n) is 3.88. The Labute approximate surface area is 199 Å². The van der Waals surface area contributed by atoms with Crippen molar-refractivity contribution in [2.75, 3.05) is 33.2 Å². The van der Waals surface area contributed by atoms with Gasteiger partial charge in [0.1, 0.15) is 12.1 Å². The molecule has 0 bridgehead atoms. The third-order valence-electron chi connectivity index (χ3n) is 6.19. The Morgan fingerprint density at radius 2 is 1.65 bits per heavy atom. The molecule has 3 rings (SSSR count). The van der Waals surface area contributed by atoms with Gasteiger partial charge in [-0.1, -0.05) is 26.0 Å². The molecule has 0 saturated carbocycles. The van der Waals surface area contributed by atoms with E-state index in [4.69, 9.17) is 14.2 Å². The van der Waals surface area contributed by atoms with Crippen molar-refractivity contribution in [3.63, 3.8) is 0 Å². The average Bonchev–Trinajstić information content (AvgIpc) is 3.06. The van der Waals surface area contributed by atoms with Crippen molar-refractivity contribution < 1.29 is 28.6 Å². The van der Waals surface area contributed by atoms with Crippen LogP contribution in [-0.4, -0.2) is 50.6 Å². The highest BCUT2D eigenvalue weighted by molar-refractivity contribution is 6.10. The molecule has 1 fully saturated rings. The van der Waals surface area contributed by atoms with E-state index in [0.29, 0.717) is 34.4 Å². The van der Waals surface area contributed by atoms with Gasteiger partial charge in [-0.15, -0.1) is 0 Å². The Kier molecular flexibility index (Phi) is 7.34. The summed E-state index contributed by atoms with van der Waals surface area (Å²) < 4.78 is 16.1. The molecule has 1 heterocycles. The van der Waals surface area contributed by atoms with Crippen LogP contribution in [0.1, 0.15) is 44.2 Å². The van der Waals surface area contributed by atoms with Crippen LogP contribution in [-0.2, 0) is 15.1 Å². The average molecular weight is 470 g/mol. The van der Waals surface area contributed by atoms with Crippen LogP contribution in [0, 0.1) is 0 Å². The summed E-state index contributed by atoms with van der Waals surface area (Å²) in [6, 6.07) is 10.1. The molecule has 0 radical (unpaired) electrons. The van der Waals surface area contributed by atoms with Crippen LogP contribution >= 0.6 is 0 Å². The number of amides is 4. The Hall–Kier alpha value is -3.75. The second-order valence-electron chi connectivity index (χ2n) is 8.34. The molecule has 0 aromatic heterocycles. The second kappa shape index (κ2) is 10.0. The molecule has 0 aliphatic carbocycles. The molecule has 182 valence electrons. The van der Waals surface area contributed by atoms with E-state index >= 15 is 0 Å². The molecule has 9 heteroatoms. The van der Waals surface area contributed by atoms with Crippen LogP contribution in [0.3, 0.4) is 0 Å². The maximum absolute atomic E-state index is 13.3. The Morgan fingerprint density at radius 1 is 1.06 bits per heavy atom. The molecule has 4 amide bonds. The number of nitrogens with one attached hydrogen (secondary N) is 2. The SMILES string of the molecule is CCC(C)c1ccc(NC(=O)CN2C(=O)NC(C)(c3cc(OC)c(OC)c(OC)c3)C2=O)cc1. The number of hydrogen-bond donors (Lipinski definition) is 2. The third kappa shape index (κ3) is 4.64. The number of imide groups is 1. The number of benzene rings is 2. The molecule has 2 N–H and O–H groups in total. The molecular weight excluding hydrogens is 438 g/mol. The monoisotopic (exact) mass is 469 g/mol. The smallest absolute Gasteiger partial charge is 0.325 e. The van der Waals surface area contributed by atoms with Crippen LogP contribution in [0.5, 0.6) is 17.2 Å². The number of hydrogen-bond acceptors (Lipinski definition) is 6. The highest BCUT2D eigenvalue weighted by Crippen LogP contribution is 2.42. The lowest BCUT2D eigenvalue weighted by molar-refractivity contribution is -0.133. The second-order valence-corrected chi connectivity index (χ2v) is 8.34. The van der Waals surface area contributed by atoms with Crippen LogP contribution in [0.25, 0.3) is 0 Å². The van der Waals surface area contributed by atoms with E-state index in [1.54, 1.807) is 19.1 Å². The summed E-state index contributed by atoms with van der Waals surface area (Å²) in [5, 5.41) is 5.43. The van der Waals surface area contributed by atoms with E-state index < -0.39 is 29.9 Å². The maximum Gasteiger partial charge on any atom is 0.325 e. The van der Waals surface area contributed by atoms with Crippen molar-refractivity contribution in [1.82, 2.24) is 10.2 Å². The standard InChI is InChI=1S/C25H31N3O6/c1-7-15(2)16-8-10-18(11-9-16)26-21(29)14-28-23(30)25(3,27-24(28)31)17-12-19(32-4)22(34-6)20(13-17)33-5/h8-13,15H,7,14H2,1-6H3,(H,26,29)(H,27,31). The fourth-order valence-corrected chi connectivity index (χ4v) is 3.88. The van der Waals surface area contributed by atoms with Gasteiger partial charge in [0.05, 0.1) is 21.3 Å².